The number of hydrogen-bond donors (Lipinski definition) is 4. The predicted molar refractivity (Wildman–Crippen MR) is 124 cm³/mol. The van der Waals surface area contributed by atoms with Gasteiger partial charge in [0.25, 0.3) is 0 Å². The molecule has 7 heteroatoms. The number of nitrogens with two attached hydrogens (primary N) is 2. The molecule has 0 aromatic carbocycles. The van der Waals surface area contributed by atoms with Crippen molar-refractivity contribution in [3.63, 3.8) is 0 Å². The van der Waals surface area contributed by atoms with Crippen LogP contribution in [-0.4, -0.2) is 35.5 Å². The van der Waals surface area contributed by atoms with E-state index in [9.17, 15) is 9.59 Å². The molecule has 0 bridgehead atoms. The SMILES string of the molecule is CC/C=C\C/C=C\C/C=C\CCCCCCCC(=O)N[C@@H](CCN=C(N)N)C(=O)O. The Morgan fingerprint density at radius 2 is 1.53 bits per heavy atom. The zero-order valence-electron chi connectivity index (χ0n) is 18.4. The van der Waals surface area contributed by atoms with E-state index >= 15 is 0 Å². The zero-order valence-corrected chi connectivity index (χ0v) is 18.4. The van der Waals surface area contributed by atoms with E-state index in [4.69, 9.17) is 16.6 Å². The lowest BCUT2D eigenvalue weighted by molar-refractivity contribution is -0.142. The molecule has 0 saturated heterocycles. The molecule has 170 valence electrons. The minimum atomic E-state index is -1.08. The van der Waals surface area contributed by atoms with Crippen molar-refractivity contribution in [3.05, 3.63) is 36.5 Å². The molecule has 30 heavy (non-hydrogen) atoms. The molecule has 0 heterocycles. The van der Waals surface area contributed by atoms with E-state index < -0.39 is 12.0 Å². The Kier molecular flexibility index (Phi) is 18.0. The summed E-state index contributed by atoms with van der Waals surface area (Å²) in [5, 5.41) is 11.7. The maximum atomic E-state index is 11.9. The van der Waals surface area contributed by atoms with Crippen LogP contribution in [-0.2, 0) is 9.59 Å². The topological polar surface area (TPSA) is 131 Å². The second-order valence-corrected chi connectivity index (χ2v) is 7.15. The summed E-state index contributed by atoms with van der Waals surface area (Å²) in [6, 6.07) is -0.963. The summed E-state index contributed by atoms with van der Waals surface area (Å²) in [5.74, 6) is -1.41. The number of allylic oxidation sites excluding steroid dienone is 6. The smallest absolute Gasteiger partial charge is 0.326 e. The minimum Gasteiger partial charge on any atom is -0.480 e. The quantitative estimate of drug-likeness (QED) is 0.116. The molecule has 0 unspecified atom stereocenters. The first-order valence-electron chi connectivity index (χ1n) is 11.0. The van der Waals surface area contributed by atoms with Gasteiger partial charge in [-0.1, -0.05) is 62.6 Å². The number of carbonyl (C=O) groups excluding carboxylic acids is 1. The van der Waals surface area contributed by atoms with E-state index in [-0.39, 0.29) is 24.8 Å². The van der Waals surface area contributed by atoms with Crippen LogP contribution in [0.1, 0.15) is 77.6 Å². The summed E-state index contributed by atoms with van der Waals surface area (Å²) in [5.41, 5.74) is 10.4. The van der Waals surface area contributed by atoms with Crippen LogP contribution in [0.25, 0.3) is 0 Å². The molecule has 0 radical (unpaired) electrons. The Balaban J connectivity index is 3.69. The third-order valence-electron chi connectivity index (χ3n) is 4.40. The molecular weight excluding hydrogens is 380 g/mol. The van der Waals surface area contributed by atoms with E-state index in [0.29, 0.717) is 6.42 Å². The first-order valence-corrected chi connectivity index (χ1v) is 11.0. The van der Waals surface area contributed by atoms with Crippen LogP contribution in [0.5, 0.6) is 0 Å². The third-order valence-corrected chi connectivity index (χ3v) is 4.40. The van der Waals surface area contributed by atoms with Crippen LogP contribution in [0.2, 0.25) is 0 Å². The summed E-state index contributed by atoms with van der Waals surface area (Å²) in [4.78, 5) is 26.8. The number of carbonyl (C=O) groups is 2. The lowest BCUT2D eigenvalue weighted by Gasteiger charge is -2.13. The van der Waals surface area contributed by atoms with Gasteiger partial charge in [-0.15, -0.1) is 0 Å². The Morgan fingerprint density at radius 1 is 0.933 bits per heavy atom. The fraction of sp³-hybridized carbons (Fsp3) is 0.609. The fourth-order valence-electron chi connectivity index (χ4n) is 2.75. The van der Waals surface area contributed by atoms with Crippen molar-refractivity contribution in [1.29, 1.82) is 0 Å². The van der Waals surface area contributed by atoms with Gasteiger partial charge in [0.1, 0.15) is 6.04 Å². The number of carboxylic acid groups (broad SMARTS) is 1. The van der Waals surface area contributed by atoms with Crippen molar-refractivity contribution in [3.8, 4) is 0 Å². The van der Waals surface area contributed by atoms with E-state index in [1.807, 2.05) is 0 Å². The molecule has 0 rings (SSSR count). The first-order chi connectivity index (χ1) is 14.5. The highest BCUT2D eigenvalue weighted by molar-refractivity contribution is 5.83. The lowest BCUT2D eigenvalue weighted by Crippen LogP contribution is -2.41. The number of rotatable bonds is 18. The van der Waals surface area contributed by atoms with E-state index in [0.717, 1.165) is 57.8 Å². The number of guanidine groups is 1. The van der Waals surface area contributed by atoms with Crippen molar-refractivity contribution >= 4 is 17.8 Å². The maximum Gasteiger partial charge on any atom is 0.326 e. The standard InChI is InChI=1S/C23H40N4O3/c1-2-3-4-5-6-7-8-9-10-11-12-13-14-15-16-17-21(28)27-20(22(29)30)18-19-26-23(24)25/h3-4,6-7,9-10,20H,2,5,8,11-19H2,1H3,(H,27,28)(H,29,30)(H4,24,25,26)/b4-3-,7-6-,10-9-/t20-/m0/s1. The van der Waals surface area contributed by atoms with Gasteiger partial charge in [-0.05, 0) is 44.9 Å². The largest absolute Gasteiger partial charge is 0.480 e. The van der Waals surface area contributed by atoms with Gasteiger partial charge in [-0.2, -0.15) is 0 Å². The molecule has 0 spiro atoms. The third kappa shape index (κ3) is 18.8. The van der Waals surface area contributed by atoms with Gasteiger partial charge in [-0.25, -0.2) is 4.79 Å². The number of amides is 1. The second-order valence-electron chi connectivity index (χ2n) is 7.15. The summed E-state index contributed by atoms with van der Waals surface area (Å²) in [6.45, 7) is 2.30. The van der Waals surface area contributed by atoms with Crippen LogP contribution >= 0.6 is 0 Å². The monoisotopic (exact) mass is 420 g/mol. The van der Waals surface area contributed by atoms with Crippen molar-refractivity contribution in [1.82, 2.24) is 5.32 Å². The summed E-state index contributed by atoms with van der Waals surface area (Å²) in [6.07, 6.45) is 23.0. The normalized spacial score (nSPS) is 12.6. The van der Waals surface area contributed by atoms with Crippen molar-refractivity contribution in [2.24, 2.45) is 16.5 Å². The van der Waals surface area contributed by atoms with Crippen LogP contribution in [0, 0.1) is 0 Å². The van der Waals surface area contributed by atoms with E-state index in [1.54, 1.807) is 0 Å². The van der Waals surface area contributed by atoms with Crippen LogP contribution in [0.3, 0.4) is 0 Å². The maximum absolute atomic E-state index is 11.9. The highest BCUT2D eigenvalue weighted by Crippen LogP contribution is 2.08. The average molecular weight is 421 g/mol. The molecule has 0 aromatic heterocycles. The van der Waals surface area contributed by atoms with Crippen LogP contribution < -0.4 is 16.8 Å². The molecule has 0 aromatic rings. The van der Waals surface area contributed by atoms with E-state index in [2.05, 4.69) is 53.7 Å². The molecule has 0 aliphatic heterocycles. The van der Waals surface area contributed by atoms with Crippen LogP contribution in [0.4, 0.5) is 0 Å². The minimum absolute atomic E-state index is 0.0896. The number of aliphatic carboxylic acids is 1. The molecule has 0 aliphatic carbocycles. The van der Waals surface area contributed by atoms with Gasteiger partial charge in [0, 0.05) is 13.0 Å². The Bertz CT molecular complexity index is 579. The van der Waals surface area contributed by atoms with Gasteiger partial charge in [0.15, 0.2) is 5.96 Å². The van der Waals surface area contributed by atoms with Crippen LogP contribution in [0.15, 0.2) is 41.4 Å². The molecule has 7 nitrogen and oxygen atoms in total. The number of unbranched alkanes of at least 4 members (excludes halogenated alkanes) is 5. The predicted octanol–water partition coefficient (Wildman–Crippen LogP) is 3.81. The molecule has 1 atom stereocenters. The number of carboxylic acids is 1. The number of nitrogens with one attached hydrogen (secondary N) is 1. The lowest BCUT2D eigenvalue weighted by atomic mass is 10.1. The summed E-state index contributed by atoms with van der Waals surface area (Å²) >= 11 is 0. The average Bonchev–Trinajstić information content (AvgIpc) is 2.69. The molecule has 0 fully saturated rings. The van der Waals surface area contributed by atoms with Gasteiger partial charge in [0.05, 0.1) is 0 Å². The molecule has 1 amide bonds. The highest BCUT2D eigenvalue weighted by Gasteiger charge is 2.19. The Morgan fingerprint density at radius 3 is 2.17 bits per heavy atom. The first kappa shape index (κ1) is 27.4. The zero-order chi connectivity index (χ0) is 22.5. The molecule has 6 N–H and O–H groups in total. The number of nitrogens with zero attached hydrogens (tertiary/aromatic N) is 1. The molecule has 0 aliphatic rings. The van der Waals surface area contributed by atoms with Crippen molar-refractivity contribution in [2.75, 3.05) is 6.54 Å². The molecular formula is C23H40N4O3. The Hall–Kier alpha value is -2.57. The summed E-state index contributed by atoms with van der Waals surface area (Å²) in [7, 11) is 0. The Labute approximate surface area is 181 Å². The van der Waals surface area contributed by atoms with Gasteiger partial charge < -0.3 is 21.9 Å². The molecule has 0 saturated carbocycles. The van der Waals surface area contributed by atoms with Gasteiger partial charge in [0.2, 0.25) is 5.91 Å². The number of aliphatic imine (C=N–C) groups is 1. The van der Waals surface area contributed by atoms with Gasteiger partial charge >= 0.3 is 5.97 Å². The summed E-state index contributed by atoms with van der Waals surface area (Å²) < 4.78 is 0. The fourth-order valence-corrected chi connectivity index (χ4v) is 2.75. The second kappa shape index (κ2) is 19.7. The number of hydrogen-bond acceptors (Lipinski definition) is 3. The van der Waals surface area contributed by atoms with E-state index in [1.165, 1.54) is 0 Å². The van der Waals surface area contributed by atoms with Gasteiger partial charge in [-0.3, -0.25) is 9.79 Å². The highest BCUT2D eigenvalue weighted by atomic mass is 16.4. The van der Waals surface area contributed by atoms with Crippen molar-refractivity contribution < 1.29 is 14.7 Å². The van der Waals surface area contributed by atoms with Crippen molar-refractivity contribution in [2.45, 2.75) is 83.6 Å².